The average molecular weight is 387 g/mol. The Labute approximate surface area is 148 Å². The van der Waals surface area contributed by atoms with Gasteiger partial charge in [0.05, 0.1) is 14.9 Å². The topological polar surface area (TPSA) is 51.2 Å². The summed E-state index contributed by atoms with van der Waals surface area (Å²) in [6, 6.07) is 9.18. The van der Waals surface area contributed by atoms with Gasteiger partial charge in [0.1, 0.15) is 5.75 Å². The third-order valence-corrected chi connectivity index (χ3v) is 4.88. The number of thiophene rings is 1. The Hall–Kier alpha value is -2.03. The number of ether oxygens (including phenoxy) is 1. The Morgan fingerprint density at radius 1 is 1.29 bits per heavy atom. The predicted molar refractivity (Wildman–Crippen MR) is 91.5 cm³/mol. The van der Waals surface area contributed by atoms with Crippen molar-refractivity contribution in [2.75, 3.05) is 5.32 Å². The van der Waals surface area contributed by atoms with Gasteiger partial charge in [-0.15, -0.1) is 22.7 Å². The lowest BCUT2D eigenvalue weighted by Gasteiger charge is -2.06. The molecule has 4 nitrogen and oxygen atoms in total. The van der Waals surface area contributed by atoms with Gasteiger partial charge >= 0.3 is 6.61 Å². The first-order valence-corrected chi connectivity index (χ1v) is 8.66. The van der Waals surface area contributed by atoms with E-state index in [-0.39, 0.29) is 11.3 Å². The molecule has 2 aromatic heterocycles. The maximum Gasteiger partial charge on any atom is 0.387 e. The summed E-state index contributed by atoms with van der Waals surface area (Å²) in [5, 5.41) is 4.83. The number of hydrogen-bond acceptors (Lipinski definition) is 5. The summed E-state index contributed by atoms with van der Waals surface area (Å²) in [5.74, 6) is -0.537. The first kappa shape index (κ1) is 16.8. The highest BCUT2D eigenvalue weighted by Crippen LogP contribution is 2.33. The number of benzene rings is 1. The number of carbonyl (C=O) groups is 1. The Balaban J connectivity index is 1.72. The zero-order chi connectivity index (χ0) is 17.1. The zero-order valence-electron chi connectivity index (χ0n) is 11.8. The second kappa shape index (κ2) is 7.25. The normalized spacial score (nSPS) is 10.8. The third-order valence-electron chi connectivity index (χ3n) is 2.87. The Bertz CT molecular complexity index is 867. The highest BCUT2D eigenvalue weighted by molar-refractivity contribution is 7.20. The van der Waals surface area contributed by atoms with Gasteiger partial charge in [0.15, 0.2) is 5.13 Å². The molecule has 0 aliphatic rings. The Kier molecular flexibility index (Phi) is 5.08. The van der Waals surface area contributed by atoms with Crippen LogP contribution in [-0.2, 0) is 0 Å². The molecule has 0 fully saturated rings. The van der Waals surface area contributed by atoms with Crippen LogP contribution >= 0.6 is 34.3 Å². The maximum absolute atomic E-state index is 12.2. The number of rotatable bonds is 5. The lowest BCUT2D eigenvalue weighted by Crippen LogP contribution is -2.12. The number of alkyl halides is 2. The van der Waals surface area contributed by atoms with Crippen molar-refractivity contribution in [3.63, 3.8) is 0 Å². The van der Waals surface area contributed by atoms with Gasteiger partial charge in [-0.3, -0.25) is 10.1 Å². The number of nitrogens with zero attached hydrogens (tertiary/aromatic N) is 1. The van der Waals surface area contributed by atoms with Crippen molar-refractivity contribution in [2.45, 2.75) is 6.61 Å². The molecular weight excluding hydrogens is 378 g/mol. The number of carbonyl (C=O) groups excluding carboxylic acids is 1. The molecule has 0 radical (unpaired) electrons. The third kappa shape index (κ3) is 4.08. The SMILES string of the molecule is O=C(Nc1nc(-c2ccc(Cl)s2)cs1)c1cccc(OC(F)F)c1. The van der Waals surface area contributed by atoms with Gasteiger partial charge in [0.25, 0.3) is 5.91 Å². The number of thiazole rings is 1. The lowest BCUT2D eigenvalue weighted by atomic mass is 10.2. The molecule has 124 valence electrons. The monoisotopic (exact) mass is 386 g/mol. The molecule has 24 heavy (non-hydrogen) atoms. The molecule has 0 unspecified atom stereocenters. The first-order valence-electron chi connectivity index (χ1n) is 6.59. The van der Waals surface area contributed by atoms with Gasteiger partial charge < -0.3 is 4.74 Å². The average Bonchev–Trinajstić information content (AvgIpc) is 3.16. The minimum Gasteiger partial charge on any atom is -0.435 e. The molecule has 0 saturated heterocycles. The van der Waals surface area contributed by atoms with Crippen LogP contribution in [0.2, 0.25) is 4.34 Å². The number of aromatic nitrogens is 1. The predicted octanol–water partition coefficient (Wildman–Crippen LogP) is 5.38. The number of amides is 1. The highest BCUT2D eigenvalue weighted by Gasteiger charge is 2.13. The maximum atomic E-state index is 12.2. The van der Waals surface area contributed by atoms with Crippen LogP contribution in [0.15, 0.2) is 41.8 Å². The minimum atomic E-state index is -2.94. The Morgan fingerprint density at radius 2 is 2.12 bits per heavy atom. The van der Waals surface area contributed by atoms with Crippen LogP contribution in [0.3, 0.4) is 0 Å². The smallest absolute Gasteiger partial charge is 0.387 e. The van der Waals surface area contributed by atoms with E-state index in [9.17, 15) is 13.6 Å². The van der Waals surface area contributed by atoms with Gasteiger partial charge in [-0.05, 0) is 30.3 Å². The van der Waals surface area contributed by atoms with Crippen molar-refractivity contribution in [3.8, 4) is 16.3 Å². The molecule has 1 N–H and O–H groups in total. The molecule has 9 heteroatoms. The van der Waals surface area contributed by atoms with Crippen molar-refractivity contribution in [1.82, 2.24) is 4.98 Å². The van der Waals surface area contributed by atoms with Crippen LogP contribution in [0.25, 0.3) is 10.6 Å². The molecule has 0 atom stereocenters. The largest absolute Gasteiger partial charge is 0.435 e. The standard InChI is InChI=1S/C15H9ClF2N2O2S2/c16-12-5-4-11(24-12)10-7-23-15(19-10)20-13(21)8-2-1-3-9(6-8)22-14(17)18/h1-7,14H,(H,19,20,21). The molecule has 0 bridgehead atoms. The molecule has 0 aliphatic carbocycles. The van der Waals surface area contributed by atoms with Crippen molar-refractivity contribution in [1.29, 1.82) is 0 Å². The summed E-state index contributed by atoms with van der Waals surface area (Å²) >= 11 is 8.54. The molecule has 0 spiro atoms. The number of hydrogen-bond donors (Lipinski definition) is 1. The van der Waals surface area contributed by atoms with E-state index in [1.54, 1.807) is 11.4 Å². The van der Waals surface area contributed by atoms with E-state index in [0.717, 1.165) is 4.88 Å². The summed E-state index contributed by atoms with van der Waals surface area (Å²) in [6.45, 7) is -2.94. The molecule has 3 aromatic rings. The zero-order valence-corrected chi connectivity index (χ0v) is 14.2. The van der Waals surface area contributed by atoms with Crippen LogP contribution < -0.4 is 10.1 Å². The van der Waals surface area contributed by atoms with E-state index in [1.807, 2.05) is 6.07 Å². The van der Waals surface area contributed by atoms with Crippen molar-refractivity contribution >= 4 is 45.3 Å². The van der Waals surface area contributed by atoms with E-state index < -0.39 is 12.5 Å². The molecule has 1 aromatic carbocycles. The summed E-state index contributed by atoms with van der Waals surface area (Å²) < 4.78 is 29.4. The van der Waals surface area contributed by atoms with Crippen molar-refractivity contribution in [2.24, 2.45) is 0 Å². The van der Waals surface area contributed by atoms with Crippen molar-refractivity contribution < 1.29 is 18.3 Å². The van der Waals surface area contributed by atoms with E-state index >= 15 is 0 Å². The second-order valence-electron chi connectivity index (χ2n) is 4.50. The van der Waals surface area contributed by atoms with E-state index in [0.29, 0.717) is 15.2 Å². The number of anilines is 1. The van der Waals surface area contributed by atoms with Gasteiger partial charge in [-0.25, -0.2) is 4.98 Å². The van der Waals surface area contributed by atoms with Gasteiger partial charge in [-0.2, -0.15) is 8.78 Å². The first-order chi connectivity index (χ1) is 11.5. The molecule has 1 amide bonds. The summed E-state index contributed by atoms with van der Waals surface area (Å²) in [7, 11) is 0. The fourth-order valence-corrected chi connectivity index (χ4v) is 3.66. The quantitative estimate of drug-likeness (QED) is 0.640. The lowest BCUT2D eigenvalue weighted by molar-refractivity contribution is -0.0498. The van der Waals surface area contributed by atoms with E-state index in [1.165, 1.54) is 46.9 Å². The van der Waals surface area contributed by atoms with Crippen molar-refractivity contribution in [3.05, 3.63) is 51.7 Å². The molecule has 3 rings (SSSR count). The minimum absolute atomic E-state index is 0.0781. The fourth-order valence-electron chi connectivity index (χ4n) is 1.88. The fraction of sp³-hybridized carbons (Fsp3) is 0.0667. The summed E-state index contributed by atoms with van der Waals surface area (Å²) in [6.07, 6.45) is 0. The van der Waals surface area contributed by atoms with Crippen LogP contribution in [0.1, 0.15) is 10.4 Å². The molecule has 0 aliphatic heterocycles. The highest BCUT2D eigenvalue weighted by atomic mass is 35.5. The molecule has 2 heterocycles. The van der Waals surface area contributed by atoms with E-state index in [2.05, 4.69) is 15.0 Å². The van der Waals surface area contributed by atoms with Crippen LogP contribution in [0.5, 0.6) is 5.75 Å². The van der Waals surface area contributed by atoms with Gasteiger partial charge in [0, 0.05) is 10.9 Å². The molecule has 0 saturated carbocycles. The second-order valence-corrected chi connectivity index (χ2v) is 7.08. The summed E-state index contributed by atoms with van der Waals surface area (Å²) in [5.41, 5.74) is 0.908. The number of halogens is 3. The van der Waals surface area contributed by atoms with Gasteiger partial charge in [0.2, 0.25) is 0 Å². The van der Waals surface area contributed by atoms with Crippen LogP contribution in [0, 0.1) is 0 Å². The van der Waals surface area contributed by atoms with E-state index in [4.69, 9.17) is 11.6 Å². The number of nitrogens with one attached hydrogen (secondary N) is 1. The van der Waals surface area contributed by atoms with Gasteiger partial charge in [-0.1, -0.05) is 17.7 Å². The van der Waals surface area contributed by atoms with Crippen LogP contribution in [0.4, 0.5) is 13.9 Å². The Morgan fingerprint density at radius 3 is 2.83 bits per heavy atom. The van der Waals surface area contributed by atoms with Crippen LogP contribution in [-0.4, -0.2) is 17.5 Å². The summed E-state index contributed by atoms with van der Waals surface area (Å²) in [4.78, 5) is 17.4. The molecular formula is C15H9ClF2N2O2S2.